The van der Waals surface area contributed by atoms with Crippen LogP contribution in [-0.4, -0.2) is 143 Å². The molecule has 1 aromatic heterocycles. The van der Waals surface area contributed by atoms with Gasteiger partial charge in [-0.05, 0) is 6.07 Å². The van der Waals surface area contributed by atoms with Crippen molar-refractivity contribution in [1.82, 2.24) is 9.55 Å². The van der Waals surface area contributed by atoms with Gasteiger partial charge in [0.25, 0.3) is 0 Å². The smallest absolute Gasteiger partial charge is 0.351 e. The van der Waals surface area contributed by atoms with E-state index in [1.165, 1.54) is 28.6 Å². The van der Waals surface area contributed by atoms with Crippen LogP contribution >= 0.6 is 11.8 Å². The van der Waals surface area contributed by atoms with Crippen LogP contribution in [0.25, 0.3) is 0 Å². The molecular formula is C20H31N3O13S. The molecule has 210 valence electrons. The first-order valence-corrected chi connectivity index (χ1v) is 12.6. The highest BCUT2D eigenvalue weighted by molar-refractivity contribution is 8.00. The Bertz CT molecular complexity index is 954. The first kappa shape index (κ1) is 28.6. The summed E-state index contributed by atoms with van der Waals surface area (Å²) in [5, 5.41) is 82.4. The van der Waals surface area contributed by atoms with Crippen LogP contribution < -0.4 is 11.0 Å². The average molecular weight is 554 g/mol. The third kappa shape index (κ3) is 5.93. The van der Waals surface area contributed by atoms with Gasteiger partial charge in [0, 0.05) is 11.9 Å². The van der Waals surface area contributed by atoms with Crippen LogP contribution in [-0.2, 0) is 18.9 Å². The van der Waals surface area contributed by atoms with E-state index in [1.54, 1.807) is 0 Å². The molecule has 1 unspecified atom stereocenters. The molecule has 17 heteroatoms. The molecule has 3 saturated heterocycles. The summed E-state index contributed by atoms with van der Waals surface area (Å²) in [5.41, 5.74) is -1.13. The Labute approximate surface area is 214 Å². The van der Waals surface area contributed by atoms with Crippen molar-refractivity contribution in [2.45, 2.75) is 73.0 Å². The SMILES string of the molecule is O=c1nc(NC2O[C@H](CO)[C@@H](O[C@@H]3O[C@H](CO)[C@H](O)[C@H](O)[C@H]3O)[C@H](O)[C@H]2O)ccn1[C@@H]1CS[C@H](CO)O1. The van der Waals surface area contributed by atoms with Crippen molar-refractivity contribution in [2.24, 2.45) is 0 Å². The molecule has 3 aliphatic rings. The van der Waals surface area contributed by atoms with Crippen molar-refractivity contribution >= 4 is 17.6 Å². The van der Waals surface area contributed by atoms with Gasteiger partial charge < -0.3 is 65.1 Å². The van der Waals surface area contributed by atoms with Crippen molar-refractivity contribution in [3.05, 3.63) is 22.7 Å². The Morgan fingerprint density at radius 2 is 1.68 bits per heavy atom. The monoisotopic (exact) mass is 553 g/mol. The second-order valence-electron chi connectivity index (χ2n) is 8.74. The lowest BCUT2D eigenvalue weighted by Gasteiger charge is -2.46. The zero-order valence-electron chi connectivity index (χ0n) is 19.3. The minimum absolute atomic E-state index is 0.00755. The second-order valence-corrected chi connectivity index (χ2v) is 9.93. The molecule has 9 N–H and O–H groups in total. The molecule has 0 radical (unpaired) electrons. The van der Waals surface area contributed by atoms with Crippen LogP contribution in [0.4, 0.5) is 5.82 Å². The molecule has 0 saturated carbocycles. The van der Waals surface area contributed by atoms with E-state index in [0.29, 0.717) is 5.75 Å². The molecule has 12 atom stereocenters. The number of aliphatic hydroxyl groups is 8. The summed E-state index contributed by atoms with van der Waals surface area (Å²) >= 11 is 1.35. The molecule has 0 aromatic carbocycles. The quantitative estimate of drug-likeness (QED) is 0.146. The topological polar surface area (TPSA) is 246 Å². The van der Waals surface area contributed by atoms with Gasteiger partial charge in [-0.2, -0.15) is 4.98 Å². The first-order chi connectivity index (χ1) is 17.7. The normalized spacial score (nSPS) is 42.6. The maximum absolute atomic E-state index is 12.5. The molecule has 37 heavy (non-hydrogen) atoms. The summed E-state index contributed by atoms with van der Waals surface area (Å²) in [4.78, 5) is 16.4. The standard InChI is InChI=1S/C20H31N3O13S/c24-3-7-12(27)13(28)16(31)19(34-7)36-17-8(4-25)33-18(15(30)14(17)29)21-9-1-2-23(20(32)22-9)10-6-37-11(5-26)35-10/h1-2,7-8,10-19,24-31H,3-6H2,(H,21,22,32)/t7-,8-,10+,11-,12+,13+,14-,15-,16-,17-,18?,19+/m1/s1. The van der Waals surface area contributed by atoms with Crippen LogP contribution in [0.5, 0.6) is 0 Å². The van der Waals surface area contributed by atoms with E-state index in [0.717, 1.165) is 0 Å². The number of nitrogens with zero attached hydrogens (tertiary/aromatic N) is 2. The van der Waals surface area contributed by atoms with Gasteiger partial charge in [0.15, 0.2) is 12.5 Å². The van der Waals surface area contributed by atoms with E-state index < -0.39 is 91.9 Å². The van der Waals surface area contributed by atoms with Crippen molar-refractivity contribution in [2.75, 3.05) is 30.9 Å². The summed E-state index contributed by atoms with van der Waals surface area (Å²) in [6.45, 7) is -1.61. The molecule has 0 bridgehead atoms. The Hall–Kier alpha value is -1.45. The third-order valence-electron chi connectivity index (χ3n) is 6.32. The van der Waals surface area contributed by atoms with Gasteiger partial charge >= 0.3 is 5.69 Å². The molecule has 4 heterocycles. The van der Waals surface area contributed by atoms with Gasteiger partial charge in [0.1, 0.15) is 66.3 Å². The average Bonchev–Trinajstić information content (AvgIpc) is 3.37. The van der Waals surface area contributed by atoms with Crippen LogP contribution in [0.2, 0.25) is 0 Å². The Balaban J connectivity index is 1.43. The fourth-order valence-electron chi connectivity index (χ4n) is 4.25. The Morgan fingerprint density at radius 1 is 0.946 bits per heavy atom. The predicted molar refractivity (Wildman–Crippen MR) is 122 cm³/mol. The molecule has 16 nitrogen and oxygen atoms in total. The zero-order chi connectivity index (χ0) is 26.9. The maximum atomic E-state index is 12.5. The summed E-state index contributed by atoms with van der Waals surface area (Å²) in [5.74, 6) is 0.427. The Morgan fingerprint density at radius 3 is 2.30 bits per heavy atom. The van der Waals surface area contributed by atoms with E-state index in [1.807, 2.05) is 0 Å². The number of aromatic nitrogens is 2. The molecule has 1 aromatic rings. The largest absolute Gasteiger partial charge is 0.394 e. The van der Waals surface area contributed by atoms with Gasteiger partial charge in [-0.3, -0.25) is 4.57 Å². The maximum Gasteiger partial charge on any atom is 0.351 e. The molecule has 3 fully saturated rings. The fourth-order valence-corrected chi connectivity index (χ4v) is 5.18. The van der Waals surface area contributed by atoms with Crippen molar-refractivity contribution in [3.63, 3.8) is 0 Å². The molecule has 0 aliphatic carbocycles. The van der Waals surface area contributed by atoms with Crippen molar-refractivity contribution in [3.8, 4) is 0 Å². The number of hydrogen-bond donors (Lipinski definition) is 9. The summed E-state index contributed by atoms with van der Waals surface area (Å²) in [6, 6.07) is 1.41. The first-order valence-electron chi connectivity index (χ1n) is 11.5. The summed E-state index contributed by atoms with van der Waals surface area (Å²) in [7, 11) is 0. The van der Waals surface area contributed by atoms with Gasteiger partial charge in [0.05, 0.1) is 19.8 Å². The van der Waals surface area contributed by atoms with Crippen molar-refractivity contribution < 1.29 is 59.8 Å². The van der Waals surface area contributed by atoms with E-state index in [9.17, 15) is 45.6 Å². The van der Waals surface area contributed by atoms with E-state index in [4.69, 9.17) is 18.9 Å². The number of aliphatic hydroxyl groups excluding tert-OH is 8. The molecule has 4 rings (SSSR count). The number of rotatable bonds is 8. The number of hydrogen-bond acceptors (Lipinski definition) is 16. The van der Waals surface area contributed by atoms with Gasteiger partial charge in [-0.1, -0.05) is 0 Å². The number of anilines is 1. The minimum atomic E-state index is -1.78. The highest BCUT2D eigenvalue weighted by atomic mass is 32.2. The van der Waals surface area contributed by atoms with Gasteiger partial charge in [-0.15, -0.1) is 11.8 Å². The molecule has 3 aliphatic heterocycles. The van der Waals surface area contributed by atoms with E-state index >= 15 is 0 Å². The van der Waals surface area contributed by atoms with E-state index in [-0.39, 0.29) is 12.4 Å². The lowest BCUT2D eigenvalue weighted by Crippen LogP contribution is -2.65. The van der Waals surface area contributed by atoms with Crippen LogP contribution in [0.1, 0.15) is 6.23 Å². The van der Waals surface area contributed by atoms with Crippen LogP contribution in [0, 0.1) is 0 Å². The highest BCUT2D eigenvalue weighted by Crippen LogP contribution is 2.31. The van der Waals surface area contributed by atoms with Gasteiger partial charge in [-0.25, -0.2) is 4.79 Å². The minimum Gasteiger partial charge on any atom is -0.394 e. The van der Waals surface area contributed by atoms with E-state index in [2.05, 4.69) is 10.3 Å². The lowest BCUT2D eigenvalue weighted by molar-refractivity contribution is -0.340. The van der Waals surface area contributed by atoms with Crippen molar-refractivity contribution in [1.29, 1.82) is 0 Å². The lowest BCUT2D eigenvalue weighted by atomic mass is 9.96. The molecule has 0 spiro atoms. The third-order valence-corrected chi connectivity index (χ3v) is 7.43. The van der Waals surface area contributed by atoms with Crippen LogP contribution in [0.15, 0.2) is 17.1 Å². The zero-order valence-corrected chi connectivity index (χ0v) is 20.1. The summed E-state index contributed by atoms with van der Waals surface area (Å²) < 4.78 is 23.2. The Kier molecular flexibility index (Phi) is 9.39. The second kappa shape index (κ2) is 12.2. The fraction of sp³-hybridized carbons (Fsp3) is 0.800. The summed E-state index contributed by atoms with van der Waals surface area (Å²) in [6.07, 6.45) is -14.7. The number of ether oxygens (including phenoxy) is 4. The van der Waals surface area contributed by atoms with Crippen LogP contribution in [0.3, 0.4) is 0 Å². The number of nitrogens with one attached hydrogen (secondary N) is 1. The number of thioether (sulfide) groups is 1. The molecular weight excluding hydrogens is 522 g/mol. The van der Waals surface area contributed by atoms with Gasteiger partial charge in [0.2, 0.25) is 0 Å². The predicted octanol–water partition coefficient (Wildman–Crippen LogP) is -5.14. The highest BCUT2D eigenvalue weighted by Gasteiger charge is 2.50. The molecule has 0 amide bonds.